The Balaban J connectivity index is 2.17. The van der Waals surface area contributed by atoms with Crippen LogP contribution < -0.4 is 5.32 Å². The SMILES string of the molecule is CCCNc1ccc(C)cc1C(=O)N1CCC(CC)C1. The number of benzene rings is 1. The van der Waals surface area contributed by atoms with Crippen LogP contribution in [0.3, 0.4) is 0 Å². The molecule has 1 saturated heterocycles. The van der Waals surface area contributed by atoms with Crippen LogP contribution in [0, 0.1) is 12.8 Å². The van der Waals surface area contributed by atoms with Gasteiger partial charge in [0.05, 0.1) is 5.56 Å². The molecule has 20 heavy (non-hydrogen) atoms. The van der Waals surface area contributed by atoms with E-state index in [2.05, 4.69) is 25.2 Å². The third kappa shape index (κ3) is 3.33. The number of rotatable bonds is 5. The van der Waals surface area contributed by atoms with Crippen molar-refractivity contribution in [2.75, 3.05) is 25.0 Å². The molecular formula is C17H26N2O. The van der Waals surface area contributed by atoms with Crippen LogP contribution >= 0.6 is 0 Å². The van der Waals surface area contributed by atoms with Crippen LogP contribution in [0.1, 0.15) is 49.0 Å². The van der Waals surface area contributed by atoms with E-state index in [9.17, 15) is 4.79 Å². The molecule has 0 spiro atoms. The van der Waals surface area contributed by atoms with Crippen LogP contribution in [0.25, 0.3) is 0 Å². The molecule has 1 unspecified atom stereocenters. The van der Waals surface area contributed by atoms with E-state index >= 15 is 0 Å². The summed E-state index contributed by atoms with van der Waals surface area (Å²) in [5.41, 5.74) is 2.94. The highest BCUT2D eigenvalue weighted by Crippen LogP contribution is 2.25. The van der Waals surface area contributed by atoms with Gasteiger partial charge in [0.2, 0.25) is 0 Å². The van der Waals surface area contributed by atoms with Gasteiger partial charge in [-0.15, -0.1) is 0 Å². The first kappa shape index (κ1) is 14.9. The number of hydrogen-bond donors (Lipinski definition) is 1. The maximum atomic E-state index is 12.7. The molecule has 1 aromatic rings. The zero-order valence-corrected chi connectivity index (χ0v) is 12.9. The molecule has 1 heterocycles. The summed E-state index contributed by atoms with van der Waals surface area (Å²) in [6.07, 6.45) is 3.37. The number of anilines is 1. The van der Waals surface area contributed by atoms with Gasteiger partial charge in [0.15, 0.2) is 0 Å². The topological polar surface area (TPSA) is 32.3 Å². The minimum absolute atomic E-state index is 0.184. The quantitative estimate of drug-likeness (QED) is 0.888. The molecule has 0 bridgehead atoms. The molecule has 110 valence electrons. The van der Waals surface area contributed by atoms with Crippen molar-refractivity contribution >= 4 is 11.6 Å². The van der Waals surface area contributed by atoms with Crippen LogP contribution in [0.5, 0.6) is 0 Å². The highest BCUT2D eigenvalue weighted by Gasteiger charge is 2.27. The summed E-state index contributed by atoms with van der Waals surface area (Å²) in [4.78, 5) is 14.7. The van der Waals surface area contributed by atoms with E-state index in [4.69, 9.17) is 0 Å². The van der Waals surface area contributed by atoms with Gasteiger partial charge in [0, 0.05) is 25.3 Å². The average Bonchev–Trinajstić information content (AvgIpc) is 2.94. The van der Waals surface area contributed by atoms with Gasteiger partial charge in [-0.3, -0.25) is 4.79 Å². The first-order chi connectivity index (χ1) is 9.65. The molecule has 3 heteroatoms. The molecule has 1 aromatic carbocycles. The molecule has 0 saturated carbocycles. The number of likely N-dealkylation sites (tertiary alicyclic amines) is 1. The van der Waals surface area contributed by atoms with Crippen molar-refractivity contribution in [3.63, 3.8) is 0 Å². The minimum atomic E-state index is 0.184. The van der Waals surface area contributed by atoms with E-state index in [1.165, 1.54) is 6.42 Å². The molecule has 1 fully saturated rings. The predicted octanol–water partition coefficient (Wildman–Crippen LogP) is 3.69. The van der Waals surface area contributed by atoms with Gasteiger partial charge in [-0.1, -0.05) is 31.9 Å². The molecule has 3 nitrogen and oxygen atoms in total. The van der Waals surface area contributed by atoms with E-state index in [0.29, 0.717) is 5.92 Å². The second-order valence-electron chi connectivity index (χ2n) is 5.79. The summed E-state index contributed by atoms with van der Waals surface area (Å²) in [7, 11) is 0. The summed E-state index contributed by atoms with van der Waals surface area (Å²) >= 11 is 0. The van der Waals surface area contributed by atoms with Crippen molar-refractivity contribution in [2.24, 2.45) is 5.92 Å². The van der Waals surface area contributed by atoms with E-state index in [1.807, 2.05) is 24.0 Å². The Morgan fingerprint density at radius 2 is 2.20 bits per heavy atom. The van der Waals surface area contributed by atoms with Gasteiger partial charge in [0.25, 0.3) is 5.91 Å². The van der Waals surface area contributed by atoms with Crippen LogP contribution in [0.2, 0.25) is 0 Å². The molecule has 1 aliphatic rings. The van der Waals surface area contributed by atoms with Gasteiger partial charge in [-0.25, -0.2) is 0 Å². The van der Waals surface area contributed by atoms with Crippen LogP contribution in [0.4, 0.5) is 5.69 Å². The summed E-state index contributed by atoms with van der Waals surface area (Å²) in [5.74, 6) is 0.860. The molecule has 0 aliphatic carbocycles. The Kier molecular flexibility index (Phi) is 5.05. The molecular weight excluding hydrogens is 248 g/mol. The molecule has 1 atom stereocenters. The van der Waals surface area contributed by atoms with Crippen molar-refractivity contribution in [1.29, 1.82) is 0 Å². The third-order valence-electron chi connectivity index (χ3n) is 4.12. The smallest absolute Gasteiger partial charge is 0.255 e. The van der Waals surface area contributed by atoms with E-state index < -0.39 is 0 Å². The largest absolute Gasteiger partial charge is 0.384 e. The average molecular weight is 274 g/mol. The fourth-order valence-corrected chi connectivity index (χ4v) is 2.77. The van der Waals surface area contributed by atoms with Gasteiger partial charge in [-0.2, -0.15) is 0 Å². The zero-order chi connectivity index (χ0) is 14.5. The highest BCUT2D eigenvalue weighted by atomic mass is 16.2. The Morgan fingerprint density at radius 1 is 1.40 bits per heavy atom. The number of nitrogens with zero attached hydrogens (tertiary/aromatic N) is 1. The number of hydrogen-bond acceptors (Lipinski definition) is 2. The van der Waals surface area contributed by atoms with Gasteiger partial charge < -0.3 is 10.2 Å². The standard InChI is InChI=1S/C17H26N2O/c1-4-9-18-16-7-6-13(3)11-15(16)17(20)19-10-8-14(5-2)12-19/h6-7,11,14,18H,4-5,8-10,12H2,1-3H3. The Bertz CT molecular complexity index is 470. The first-order valence-corrected chi connectivity index (χ1v) is 7.79. The predicted molar refractivity (Wildman–Crippen MR) is 84.3 cm³/mol. The van der Waals surface area contributed by atoms with Crippen LogP contribution in [-0.2, 0) is 0 Å². The van der Waals surface area contributed by atoms with Crippen molar-refractivity contribution in [3.8, 4) is 0 Å². The van der Waals surface area contributed by atoms with E-state index in [0.717, 1.165) is 49.3 Å². The molecule has 0 radical (unpaired) electrons. The lowest BCUT2D eigenvalue weighted by atomic mass is 10.1. The Labute approximate surface area is 122 Å². The zero-order valence-electron chi connectivity index (χ0n) is 12.9. The van der Waals surface area contributed by atoms with Crippen LogP contribution in [-0.4, -0.2) is 30.4 Å². The van der Waals surface area contributed by atoms with Gasteiger partial charge >= 0.3 is 0 Å². The van der Waals surface area contributed by atoms with Crippen molar-refractivity contribution < 1.29 is 4.79 Å². The van der Waals surface area contributed by atoms with E-state index in [-0.39, 0.29) is 5.91 Å². The lowest BCUT2D eigenvalue weighted by Gasteiger charge is -2.19. The second kappa shape index (κ2) is 6.78. The monoisotopic (exact) mass is 274 g/mol. The molecule has 2 rings (SSSR count). The molecule has 1 aliphatic heterocycles. The number of nitrogens with one attached hydrogen (secondary N) is 1. The summed E-state index contributed by atoms with van der Waals surface area (Å²) < 4.78 is 0. The summed E-state index contributed by atoms with van der Waals surface area (Å²) in [6.45, 7) is 9.10. The maximum Gasteiger partial charge on any atom is 0.255 e. The van der Waals surface area contributed by atoms with Crippen molar-refractivity contribution in [1.82, 2.24) is 4.90 Å². The van der Waals surface area contributed by atoms with Gasteiger partial charge in [0.1, 0.15) is 0 Å². The van der Waals surface area contributed by atoms with Crippen molar-refractivity contribution in [2.45, 2.75) is 40.0 Å². The van der Waals surface area contributed by atoms with Crippen molar-refractivity contribution in [3.05, 3.63) is 29.3 Å². The van der Waals surface area contributed by atoms with Crippen LogP contribution in [0.15, 0.2) is 18.2 Å². The number of amides is 1. The molecule has 0 aromatic heterocycles. The lowest BCUT2D eigenvalue weighted by molar-refractivity contribution is 0.0787. The number of carbonyl (C=O) groups excluding carboxylic acids is 1. The number of carbonyl (C=O) groups is 1. The molecule has 1 amide bonds. The minimum Gasteiger partial charge on any atom is -0.384 e. The fourth-order valence-electron chi connectivity index (χ4n) is 2.77. The van der Waals surface area contributed by atoms with E-state index in [1.54, 1.807) is 0 Å². The maximum absolute atomic E-state index is 12.7. The fraction of sp³-hybridized carbons (Fsp3) is 0.588. The lowest BCUT2D eigenvalue weighted by Crippen LogP contribution is -2.29. The Hall–Kier alpha value is -1.51. The highest BCUT2D eigenvalue weighted by molar-refractivity contribution is 6.00. The van der Waals surface area contributed by atoms with Gasteiger partial charge in [-0.05, 0) is 37.8 Å². The second-order valence-corrected chi connectivity index (χ2v) is 5.79. The summed E-state index contributed by atoms with van der Waals surface area (Å²) in [5, 5.41) is 3.37. The number of aryl methyl sites for hydroxylation is 1. The Morgan fingerprint density at radius 3 is 2.85 bits per heavy atom. The normalized spacial score (nSPS) is 18.4. The molecule has 1 N–H and O–H groups in total. The summed E-state index contributed by atoms with van der Waals surface area (Å²) in [6, 6.07) is 6.11. The first-order valence-electron chi connectivity index (χ1n) is 7.79. The third-order valence-corrected chi connectivity index (χ3v) is 4.12.